The van der Waals surface area contributed by atoms with E-state index in [4.69, 9.17) is 9.47 Å². The molecular weight excluding hydrogens is 346 g/mol. The zero-order valence-corrected chi connectivity index (χ0v) is 15.8. The number of hydrogen-bond acceptors (Lipinski definition) is 6. The van der Waals surface area contributed by atoms with Gasteiger partial charge in [0.15, 0.2) is 16.1 Å². The van der Waals surface area contributed by atoms with Gasteiger partial charge in [-0.15, -0.1) is 0 Å². The second-order valence-electron chi connectivity index (χ2n) is 5.99. The molecular formula is C17H27NO6S. The first-order chi connectivity index (χ1) is 11.9. The molecule has 0 aliphatic carbocycles. The number of hydrogen-bond donors (Lipinski definition) is 0. The predicted octanol–water partition coefficient (Wildman–Crippen LogP) is 2.92. The number of nitro groups is 1. The first-order valence-electron chi connectivity index (χ1n) is 8.32. The van der Waals surface area contributed by atoms with Crippen LogP contribution in [-0.2, 0) is 19.3 Å². The van der Waals surface area contributed by atoms with Crippen LogP contribution >= 0.6 is 0 Å². The Hall–Kier alpha value is -1.51. The molecule has 8 heteroatoms. The third-order valence-corrected chi connectivity index (χ3v) is 6.03. The molecule has 0 saturated heterocycles. The van der Waals surface area contributed by atoms with Gasteiger partial charge in [-0.2, -0.15) is 0 Å². The van der Waals surface area contributed by atoms with Crippen molar-refractivity contribution in [1.29, 1.82) is 0 Å². The second kappa shape index (κ2) is 10.5. The lowest BCUT2D eigenvalue weighted by Crippen LogP contribution is -2.38. The number of nitrogens with zero attached hydrogens (tertiary/aromatic N) is 1. The number of benzene rings is 1. The van der Waals surface area contributed by atoms with E-state index in [9.17, 15) is 18.5 Å². The minimum atomic E-state index is -3.75. The molecule has 0 radical (unpaired) electrons. The Bertz CT molecular complexity index is 615. The van der Waals surface area contributed by atoms with Gasteiger partial charge >= 0.3 is 0 Å². The minimum absolute atomic E-state index is 0.103. The maximum Gasteiger partial charge on any atom is 0.230 e. The van der Waals surface area contributed by atoms with Crippen molar-refractivity contribution in [3.05, 3.63) is 40.4 Å². The SMILES string of the molecule is CCCC[C@H](CC(OC)OC)C(CS(=O)(=O)c1ccccc1)[N+](=O)[O-]. The average Bonchev–Trinajstić information content (AvgIpc) is 2.61. The molecule has 1 aromatic carbocycles. The molecule has 0 heterocycles. The van der Waals surface area contributed by atoms with Crippen molar-refractivity contribution < 1.29 is 22.8 Å². The fraction of sp³-hybridized carbons (Fsp3) is 0.647. The van der Waals surface area contributed by atoms with Gasteiger partial charge < -0.3 is 9.47 Å². The Balaban J connectivity index is 3.05. The van der Waals surface area contributed by atoms with Gasteiger partial charge in [0.05, 0.1) is 4.90 Å². The van der Waals surface area contributed by atoms with Crippen LogP contribution in [0.3, 0.4) is 0 Å². The molecule has 142 valence electrons. The summed E-state index contributed by atoms with van der Waals surface area (Å²) in [7, 11) is -0.817. The average molecular weight is 373 g/mol. The summed E-state index contributed by atoms with van der Waals surface area (Å²) >= 11 is 0. The fourth-order valence-corrected chi connectivity index (χ4v) is 4.40. The topological polar surface area (TPSA) is 95.7 Å². The molecule has 25 heavy (non-hydrogen) atoms. The zero-order valence-electron chi connectivity index (χ0n) is 15.0. The predicted molar refractivity (Wildman–Crippen MR) is 94.7 cm³/mol. The Kier molecular flexibility index (Phi) is 9.02. The molecule has 1 unspecified atom stereocenters. The number of ether oxygens (including phenoxy) is 2. The van der Waals surface area contributed by atoms with E-state index in [1.165, 1.54) is 26.4 Å². The van der Waals surface area contributed by atoms with Crippen LogP contribution in [0.4, 0.5) is 0 Å². The number of rotatable bonds is 12. The highest BCUT2D eigenvalue weighted by Gasteiger charge is 2.37. The maximum absolute atomic E-state index is 12.6. The van der Waals surface area contributed by atoms with Gasteiger partial charge in [-0.05, 0) is 18.6 Å². The summed E-state index contributed by atoms with van der Waals surface area (Å²) in [6.07, 6.45) is 1.89. The molecule has 2 atom stereocenters. The van der Waals surface area contributed by atoms with Crippen molar-refractivity contribution in [2.24, 2.45) is 5.92 Å². The number of methoxy groups -OCH3 is 2. The normalized spacial score (nSPS) is 14.4. The highest BCUT2D eigenvalue weighted by molar-refractivity contribution is 7.91. The second-order valence-corrected chi connectivity index (χ2v) is 8.02. The van der Waals surface area contributed by atoms with Crippen molar-refractivity contribution in [2.75, 3.05) is 20.0 Å². The summed E-state index contributed by atoms with van der Waals surface area (Å²) in [5, 5.41) is 11.6. The van der Waals surface area contributed by atoms with E-state index in [0.717, 1.165) is 12.8 Å². The molecule has 0 spiro atoms. The van der Waals surface area contributed by atoms with Crippen LogP contribution in [0.15, 0.2) is 35.2 Å². The van der Waals surface area contributed by atoms with E-state index < -0.39 is 38.8 Å². The largest absolute Gasteiger partial charge is 0.356 e. The number of unbranched alkanes of at least 4 members (excludes halogenated alkanes) is 1. The number of sulfone groups is 1. The third kappa shape index (κ3) is 6.72. The van der Waals surface area contributed by atoms with Crippen LogP contribution in [-0.4, -0.2) is 45.6 Å². The molecule has 0 aromatic heterocycles. The van der Waals surface area contributed by atoms with Gasteiger partial charge in [-0.25, -0.2) is 8.42 Å². The van der Waals surface area contributed by atoms with E-state index in [2.05, 4.69) is 0 Å². The van der Waals surface area contributed by atoms with Crippen LogP contribution in [0.25, 0.3) is 0 Å². The van der Waals surface area contributed by atoms with Gasteiger partial charge in [-0.1, -0.05) is 38.0 Å². The van der Waals surface area contributed by atoms with Crippen LogP contribution in [0, 0.1) is 16.0 Å². The van der Waals surface area contributed by atoms with Crippen molar-refractivity contribution in [1.82, 2.24) is 0 Å². The lowest BCUT2D eigenvalue weighted by molar-refractivity contribution is -0.527. The van der Waals surface area contributed by atoms with Gasteiger partial charge in [0, 0.05) is 31.5 Å². The van der Waals surface area contributed by atoms with Crippen molar-refractivity contribution in [3.8, 4) is 0 Å². The molecule has 0 N–H and O–H groups in total. The van der Waals surface area contributed by atoms with Gasteiger partial charge in [0.25, 0.3) is 0 Å². The van der Waals surface area contributed by atoms with E-state index in [0.29, 0.717) is 6.42 Å². The molecule has 1 rings (SSSR count). The minimum Gasteiger partial charge on any atom is -0.356 e. The molecule has 0 aliphatic heterocycles. The van der Waals surface area contributed by atoms with Gasteiger partial charge in [-0.3, -0.25) is 10.1 Å². The van der Waals surface area contributed by atoms with Crippen molar-refractivity contribution >= 4 is 9.84 Å². The van der Waals surface area contributed by atoms with Crippen LogP contribution in [0.1, 0.15) is 32.6 Å². The highest BCUT2D eigenvalue weighted by Crippen LogP contribution is 2.25. The summed E-state index contributed by atoms with van der Waals surface area (Å²) in [6, 6.07) is 6.63. The summed E-state index contributed by atoms with van der Waals surface area (Å²) in [5.41, 5.74) is 0. The third-order valence-electron chi connectivity index (χ3n) is 4.26. The van der Waals surface area contributed by atoms with Gasteiger partial charge in [0.2, 0.25) is 6.04 Å². The molecule has 0 bridgehead atoms. The van der Waals surface area contributed by atoms with E-state index in [1.807, 2.05) is 6.92 Å². The lowest BCUT2D eigenvalue weighted by Gasteiger charge is -2.24. The summed E-state index contributed by atoms with van der Waals surface area (Å²) in [5.74, 6) is -0.975. The fourth-order valence-electron chi connectivity index (χ4n) is 2.79. The Morgan fingerprint density at radius 3 is 2.24 bits per heavy atom. The zero-order chi connectivity index (χ0) is 18.9. The quantitative estimate of drug-likeness (QED) is 0.317. The van der Waals surface area contributed by atoms with Gasteiger partial charge in [0.1, 0.15) is 5.75 Å². The van der Waals surface area contributed by atoms with E-state index in [1.54, 1.807) is 18.2 Å². The Labute approximate surface area is 149 Å². The Morgan fingerprint density at radius 2 is 1.76 bits per heavy atom. The standard InChI is InChI=1S/C17H27NO6S/c1-4-5-9-14(12-17(23-2)24-3)16(18(19)20)13-25(21,22)15-10-7-6-8-11-15/h6-8,10-11,14,16-17H,4-5,9,12-13H2,1-3H3/t14-,16?/m1/s1. The molecule has 1 aromatic rings. The molecule has 0 fully saturated rings. The summed E-state index contributed by atoms with van der Waals surface area (Å²) in [6.45, 7) is 1.99. The molecule has 7 nitrogen and oxygen atoms in total. The van der Waals surface area contributed by atoms with Crippen LogP contribution < -0.4 is 0 Å². The van der Waals surface area contributed by atoms with E-state index in [-0.39, 0.29) is 11.3 Å². The maximum atomic E-state index is 12.6. The summed E-state index contributed by atoms with van der Waals surface area (Å²) < 4.78 is 35.5. The van der Waals surface area contributed by atoms with Crippen LogP contribution in [0.5, 0.6) is 0 Å². The monoisotopic (exact) mass is 373 g/mol. The molecule has 0 amide bonds. The van der Waals surface area contributed by atoms with E-state index >= 15 is 0 Å². The lowest BCUT2D eigenvalue weighted by atomic mass is 9.91. The smallest absolute Gasteiger partial charge is 0.230 e. The first kappa shape index (κ1) is 21.5. The molecule has 0 saturated carbocycles. The Morgan fingerprint density at radius 1 is 1.16 bits per heavy atom. The first-order valence-corrected chi connectivity index (χ1v) is 9.97. The molecule has 0 aliphatic rings. The summed E-state index contributed by atoms with van der Waals surface area (Å²) in [4.78, 5) is 11.3. The van der Waals surface area contributed by atoms with Crippen molar-refractivity contribution in [3.63, 3.8) is 0 Å². The van der Waals surface area contributed by atoms with Crippen LogP contribution in [0.2, 0.25) is 0 Å². The van der Waals surface area contributed by atoms with Crippen molar-refractivity contribution in [2.45, 2.75) is 49.8 Å². The highest BCUT2D eigenvalue weighted by atomic mass is 32.2.